The van der Waals surface area contributed by atoms with Crippen LogP contribution in [0.2, 0.25) is 0 Å². The number of fused-ring (bicyclic) bond motifs is 2. The quantitative estimate of drug-likeness (QED) is 0.894. The first-order chi connectivity index (χ1) is 11.2. The van der Waals surface area contributed by atoms with Crippen LogP contribution in [-0.2, 0) is 0 Å². The van der Waals surface area contributed by atoms with Crippen molar-refractivity contribution in [3.63, 3.8) is 0 Å². The van der Waals surface area contributed by atoms with Gasteiger partial charge in [-0.2, -0.15) is 13.2 Å². The van der Waals surface area contributed by atoms with Crippen molar-refractivity contribution in [1.29, 1.82) is 0 Å². The number of carbonyl (C=O) groups is 1. The van der Waals surface area contributed by atoms with E-state index in [4.69, 9.17) is 9.47 Å². The third-order valence-electron chi connectivity index (χ3n) is 4.27. The van der Waals surface area contributed by atoms with Crippen LogP contribution in [0.15, 0.2) is 12.1 Å². The number of halogens is 3. The van der Waals surface area contributed by atoms with Gasteiger partial charge in [0.1, 0.15) is 23.7 Å². The molecule has 1 amide bonds. The van der Waals surface area contributed by atoms with Crippen molar-refractivity contribution in [2.75, 3.05) is 13.2 Å². The second-order valence-corrected chi connectivity index (χ2v) is 6.25. The van der Waals surface area contributed by atoms with Crippen LogP contribution in [0, 0.1) is 6.92 Å². The lowest BCUT2D eigenvalue weighted by Crippen LogP contribution is -2.37. The van der Waals surface area contributed by atoms with Gasteiger partial charge in [0.2, 0.25) is 0 Å². The van der Waals surface area contributed by atoms with Gasteiger partial charge in [-0.25, -0.2) is 0 Å². The Kier molecular flexibility index (Phi) is 4.11. The molecule has 132 valence electrons. The second kappa shape index (κ2) is 5.84. The lowest BCUT2D eigenvalue weighted by molar-refractivity contribution is -0.189. The van der Waals surface area contributed by atoms with Gasteiger partial charge in [0.15, 0.2) is 6.10 Å². The molecule has 2 aliphatic heterocycles. The van der Waals surface area contributed by atoms with E-state index >= 15 is 0 Å². The number of benzene rings is 1. The minimum atomic E-state index is -4.54. The lowest BCUT2D eigenvalue weighted by Gasteiger charge is -2.23. The fourth-order valence-corrected chi connectivity index (χ4v) is 3.02. The normalized spacial score (nSPS) is 24.8. The summed E-state index contributed by atoms with van der Waals surface area (Å²) in [5.41, 5.74) is 0.612. The SMILES string of the molecule is Cc1cc2c(c(O[C@@H](C)C(F)(F)F)c1)C(=O)N1C[C@@H](O)C[C@@H]1CO2. The predicted octanol–water partition coefficient (Wildman–Crippen LogP) is 2.29. The zero-order valence-electron chi connectivity index (χ0n) is 13.3. The van der Waals surface area contributed by atoms with Crippen LogP contribution in [0.3, 0.4) is 0 Å². The van der Waals surface area contributed by atoms with Crippen molar-refractivity contribution in [3.8, 4) is 11.5 Å². The molecule has 3 atom stereocenters. The molecule has 0 bridgehead atoms. The summed E-state index contributed by atoms with van der Waals surface area (Å²) in [6.07, 6.45) is -6.88. The minimum absolute atomic E-state index is 0.0201. The number of aliphatic hydroxyl groups excluding tert-OH is 1. The lowest BCUT2D eigenvalue weighted by atomic mass is 10.1. The summed E-state index contributed by atoms with van der Waals surface area (Å²) in [5.74, 6) is -0.413. The maximum Gasteiger partial charge on any atom is 0.425 e. The number of alkyl halides is 3. The summed E-state index contributed by atoms with van der Waals surface area (Å²) in [6.45, 7) is 2.90. The van der Waals surface area contributed by atoms with Crippen LogP contribution in [0.5, 0.6) is 11.5 Å². The van der Waals surface area contributed by atoms with Gasteiger partial charge >= 0.3 is 6.18 Å². The highest BCUT2D eigenvalue weighted by Gasteiger charge is 2.42. The molecule has 0 unspecified atom stereocenters. The van der Waals surface area contributed by atoms with Crippen molar-refractivity contribution in [2.24, 2.45) is 0 Å². The Labute approximate surface area is 137 Å². The molecule has 1 N–H and O–H groups in total. The highest BCUT2D eigenvalue weighted by molar-refractivity contribution is 6.00. The molecule has 0 aliphatic carbocycles. The third-order valence-corrected chi connectivity index (χ3v) is 4.27. The molecule has 2 heterocycles. The van der Waals surface area contributed by atoms with Crippen LogP contribution in [-0.4, -0.2) is 53.5 Å². The largest absolute Gasteiger partial charge is 0.490 e. The number of ether oxygens (including phenoxy) is 2. The van der Waals surface area contributed by atoms with E-state index in [-0.39, 0.29) is 36.3 Å². The molecule has 1 saturated heterocycles. The Morgan fingerprint density at radius 2 is 2.12 bits per heavy atom. The summed E-state index contributed by atoms with van der Waals surface area (Å²) in [5, 5.41) is 9.75. The smallest absolute Gasteiger partial charge is 0.425 e. The highest BCUT2D eigenvalue weighted by Crippen LogP contribution is 2.38. The zero-order chi connectivity index (χ0) is 17.6. The van der Waals surface area contributed by atoms with Gasteiger partial charge in [0, 0.05) is 6.54 Å². The maximum absolute atomic E-state index is 12.8. The van der Waals surface area contributed by atoms with E-state index in [1.165, 1.54) is 11.0 Å². The van der Waals surface area contributed by atoms with Crippen LogP contribution in [0.1, 0.15) is 29.3 Å². The average molecular weight is 345 g/mol. The van der Waals surface area contributed by atoms with Crippen molar-refractivity contribution < 1.29 is 32.5 Å². The number of amides is 1. The van der Waals surface area contributed by atoms with E-state index in [2.05, 4.69) is 0 Å². The molecule has 5 nitrogen and oxygen atoms in total. The van der Waals surface area contributed by atoms with Gasteiger partial charge in [-0.05, 0) is 38.0 Å². The van der Waals surface area contributed by atoms with Gasteiger partial charge in [0.05, 0.1) is 12.1 Å². The third kappa shape index (κ3) is 3.02. The monoisotopic (exact) mass is 345 g/mol. The van der Waals surface area contributed by atoms with Crippen molar-refractivity contribution in [1.82, 2.24) is 4.90 Å². The van der Waals surface area contributed by atoms with Gasteiger partial charge in [-0.3, -0.25) is 4.79 Å². The summed E-state index contributed by atoms with van der Waals surface area (Å²) in [6, 6.07) is 2.71. The summed E-state index contributed by atoms with van der Waals surface area (Å²) < 4.78 is 49.2. The van der Waals surface area contributed by atoms with Gasteiger partial charge in [0.25, 0.3) is 5.91 Å². The Bertz CT molecular complexity index is 661. The van der Waals surface area contributed by atoms with Crippen molar-refractivity contribution in [2.45, 2.75) is 44.7 Å². The minimum Gasteiger partial charge on any atom is -0.490 e. The highest BCUT2D eigenvalue weighted by atomic mass is 19.4. The van der Waals surface area contributed by atoms with Crippen LogP contribution in [0.4, 0.5) is 13.2 Å². The topological polar surface area (TPSA) is 59.0 Å². The number of aryl methyl sites for hydroxylation is 1. The molecule has 8 heteroatoms. The van der Waals surface area contributed by atoms with Crippen molar-refractivity contribution in [3.05, 3.63) is 23.3 Å². The van der Waals surface area contributed by atoms with Gasteiger partial charge < -0.3 is 19.5 Å². The number of rotatable bonds is 2. The molecule has 1 aromatic rings. The van der Waals surface area contributed by atoms with E-state index in [0.717, 1.165) is 6.92 Å². The Morgan fingerprint density at radius 3 is 2.79 bits per heavy atom. The van der Waals surface area contributed by atoms with E-state index in [1.807, 2.05) is 0 Å². The second-order valence-electron chi connectivity index (χ2n) is 6.25. The molecule has 1 fully saturated rings. The molecular weight excluding hydrogens is 327 g/mol. The maximum atomic E-state index is 12.8. The Balaban J connectivity index is 2.01. The van der Waals surface area contributed by atoms with Gasteiger partial charge in [-0.15, -0.1) is 0 Å². The van der Waals surface area contributed by atoms with Crippen LogP contribution < -0.4 is 9.47 Å². The molecular formula is C16H18F3NO4. The van der Waals surface area contributed by atoms with Gasteiger partial charge in [-0.1, -0.05) is 0 Å². The summed E-state index contributed by atoms with van der Waals surface area (Å²) in [7, 11) is 0. The Morgan fingerprint density at radius 1 is 1.42 bits per heavy atom. The number of aliphatic hydroxyl groups is 1. The molecule has 0 radical (unpaired) electrons. The number of carbonyl (C=O) groups excluding carboxylic acids is 1. The fourth-order valence-electron chi connectivity index (χ4n) is 3.02. The van der Waals surface area contributed by atoms with Crippen LogP contribution in [0.25, 0.3) is 0 Å². The van der Waals surface area contributed by atoms with E-state index in [9.17, 15) is 23.1 Å². The molecule has 0 aromatic heterocycles. The molecule has 0 saturated carbocycles. The van der Waals surface area contributed by atoms with Crippen molar-refractivity contribution >= 4 is 5.91 Å². The fraction of sp³-hybridized carbons (Fsp3) is 0.562. The molecule has 0 spiro atoms. The average Bonchev–Trinajstić information content (AvgIpc) is 2.78. The predicted molar refractivity (Wildman–Crippen MR) is 78.3 cm³/mol. The molecule has 24 heavy (non-hydrogen) atoms. The standard InChI is InChI=1S/C16H18F3NO4/c1-8-3-12-14(13(4-8)24-9(2)16(17,18)19)15(22)20-6-11(21)5-10(20)7-23-12/h3-4,9-11,21H,5-7H2,1-2H3/t9-,10+,11-/m0/s1. The first-order valence-corrected chi connectivity index (χ1v) is 7.66. The summed E-state index contributed by atoms with van der Waals surface area (Å²) in [4.78, 5) is 14.2. The number of nitrogens with zero attached hydrogens (tertiary/aromatic N) is 1. The molecule has 3 rings (SSSR count). The van der Waals surface area contributed by atoms with E-state index < -0.39 is 24.3 Å². The zero-order valence-corrected chi connectivity index (χ0v) is 13.3. The molecule has 2 aliphatic rings. The number of hydrogen-bond acceptors (Lipinski definition) is 4. The first kappa shape index (κ1) is 16.9. The summed E-state index contributed by atoms with van der Waals surface area (Å²) >= 11 is 0. The van der Waals surface area contributed by atoms with E-state index in [1.54, 1.807) is 13.0 Å². The Hall–Kier alpha value is -1.96. The molecule has 1 aromatic carbocycles. The van der Waals surface area contributed by atoms with E-state index in [0.29, 0.717) is 12.0 Å². The first-order valence-electron chi connectivity index (χ1n) is 7.66. The van der Waals surface area contributed by atoms with Crippen LogP contribution >= 0.6 is 0 Å². The number of hydrogen-bond donors (Lipinski definition) is 1.